The van der Waals surface area contributed by atoms with Crippen molar-refractivity contribution in [2.45, 2.75) is 24.3 Å². The van der Waals surface area contributed by atoms with Crippen molar-refractivity contribution in [1.29, 1.82) is 0 Å². The number of ketones is 1. The van der Waals surface area contributed by atoms with Crippen LogP contribution in [0.2, 0.25) is 0 Å². The lowest BCUT2D eigenvalue weighted by molar-refractivity contribution is -0.127. The average molecular weight is 460 g/mol. The molecule has 0 unspecified atom stereocenters. The van der Waals surface area contributed by atoms with Crippen LogP contribution in [0.15, 0.2) is 59.5 Å². The molecule has 1 saturated heterocycles. The number of rotatable bonds is 9. The first-order valence-corrected chi connectivity index (χ1v) is 11.9. The Labute approximate surface area is 189 Å². The topological polar surface area (TPSA) is 96.0 Å². The molecule has 9 heteroatoms. The van der Waals surface area contributed by atoms with Gasteiger partial charge in [-0.3, -0.25) is 14.5 Å². The monoisotopic (exact) mass is 459 g/mol. The molecule has 32 heavy (non-hydrogen) atoms. The van der Waals surface area contributed by atoms with Gasteiger partial charge in [0, 0.05) is 26.2 Å². The van der Waals surface area contributed by atoms with Crippen LogP contribution < -0.4 is 10.1 Å². The van der Waals surface area contributed by atoms with E-state index >= 15 is 0 Å². The van der Waals surface area contributed by atoms with Crippen LogP contribution in [0, 0.1) is 0 Å². The molecule has 2 aromatic rings. The van der Waals surface area contributed by atoms with Gasteiger partial charge < -0.3 is 10.1 Å². The van der Waals surface area contributed by atoms with Gasteiger partial charge in [-0.05, 0) is 43.2 Å². The summed E-state index contributed by atoms with van der Waals surface area (Å²) in [6, 6.07) is 15.3. The third-order valence-corrected chi connectivity index (χ3v) is 7.42. The molecule has 8 nitrogen and oxygen atoms in total. The standard InChI is InChI=1S/C23H29N3O5S/c1-18(27)22(16-19-6-4-3-5-7-19)24-23(28)17-25-12-14-26(15-13-25)32(29,30)21-10-8-20(31-2)9-11-21/h3-11,22H,12-17H2,1-2H3,(H,24,28)/t22-/m0/s1. The van der Waals surface area contributed by atoms with Crippen LogP contribution in [0.5, 0.6) is 5.75 Å². The fraction of sp³-hybridized carbons (Fsp3) is 0.391. The highest BCUT2D eigenvalue weighted by Gasteiger charge is 2.29. The Morgan fingerprint density at radius 1 is 1.00 bits per heavy atom. The molecular formula is C23H29N3O5S. The minimum Gasteiger partial charge on any atom is -0.497 e. The minimum absolute atomic E-state index is 0.0994. The van der Waals surface area contributed by atoms with E-state index in [1.54, 1.807) is 12.1 Å². The maximum Gasteiger partial charge on any atom is 0.243 e. The number of methoxy groups -OCH3 is 1. The number of nitrogens with one attached hydrogen (secondary N) is 1. The van der Waals surface area contributed by atoms with E-state index in [0.29, 0.717) is 38.3 Å². The summed E-state index contributed by atoms with van der Waals surface area (Å²) in [5.41, 5.74) is 0.977. The predicted molar refractivity (Wildman–Crippen MR) is 121 cm³/mol. The van der Waals surface area contributed by atoms with Gasteiger partial charge in [-0.15, -0.1) is 0 Å². The van der Waals surface area contributed by atoms with Crippen molar-refractivity contribution >= 4 is 21.7 Å². The van der Waals surface area contributed by atoms with E-state index in [2.05, 4.69) is 5.32 Å². The quantitative estimate of drug-likeness (QED) is 0.608. The second-order valence-electron chi connectivity index (χ2n) is 7.78. The van der Waals surface area contributed by atoms with Crippen LogP contribution in [-0.2, 0) is 26.0 Å². The Kier molecular flexibility index (Phi) is 8.00. The van der Waals surface area contributed by atoms with E-state index in [-0.39, 0.29) is 23.1 Å². The van der Waals surface area contributed by atoms with Gasteiger partial charge in [0.05, 0.1) is 24.6 Å². The first-order chi connectivity index (χ1) is 15.3. The molecule has 1 heterocycles. The lowest BCUT2D eigenvalue weighted by Crippen LogP contribution is -2.52. The summed E-state index contributed by atoms with van der Waals surface area (Å²) in [7, 11) is -2.07. The maximum absolute atomic E-state index is 12.9. The van der Waals surface area contributed by atoms with Crippen LogP contribution in [-0.4, -0.2) is 75.2 Å². The molecule has 1 aliphatic rings. The Morgan fingerprint density at radius 3 is 2.19 bits per heavy atom. The van der Waals surface area contributed by atoms with Crippen molar-refractivity contribution in [2.75, 3.05) is 39.8 Å². The number of sulfonamides is 1. The Bertz CT molecular complexity index is 1020. The van der Waals surface area contributed by atoms with Gasteiger partial charge in [0.2, 0.25) is 15.9 Å². The molecule has 172 valence electrons. The summed E-state index contributed by atoms with van der Waals surface area (Å²) < 4.78 is 32.2. The Hall–Kier alpha value is -2.75. The van der Waals surface area contributed by atoms with Gasteiger partial charge >= 0.3 is 0 Å². The van der Waals surface area contributed by atoms with Crippen molar-refractivity contribution in [2.24, 2.45) is 0 Å². The normalized spacial score (nSPS) is 16.3. The maximum atomic E-state index is 12.9. The Balaban J connectivity index is 1.52. The second kappa shape index (κ2) is 10.7. The molecule has 0 aliphatic carbocycles. The molecule has 0 radical (unpaired) electrons. The molecule has 0 bridgehead atoms. The molecule has 0 saturated carbocycles. The van der Waals surface area contributed by atoms with Gasteiger partial charge in [0.15, 0.2) is 5.78 Å². The summed E-state index contributed by atoms with van der Waals surface area (Å²) in [5, 5.41) is 2.82. The van der Waals surface area contributed by atoms with Crippen LogP contribution in [0.1, 0.15) is 12.5 Å². The van der Waals surface area contributed by atoms with Gasteiger partial charge in [-0.2, -0.15) is 4.31 Å². The number of piperazine rings is 1. The number of benzene rings is 2. The first-order valence-electron chi connectivity index (χ1n) is 10.5. The average Bonchev–Trinajstić information content (AvgIpc) is 2.79. The number of hydrogen-bond acceptors (Lipinski definition) is 6. The fourth-order valence-corrected chi connectivity index (χ4v) is 5.04. The summed E-state index contributed by atoms with van der Waals surface area (Å²) in [6.07, 6.45) is 0.440. The van der Waals surface area contributed by atoms with Gasteiger partial charge in [-0.1, -0.05) is 30.3 Å². The number of carbonyl (C=O) groups excluding carboxylic acids is 2. The number of amides is 1. The van der Waals surface area contributed by atoms with Gasteiger partial charge in [0.1, 0.15) is 5.75 Å². The highest BCUT2D eigenvalue weighted by molar-refractivity contribution is 7.89. The molecule has 0 spiro atoms. The Morgan fingerprint density at radius 2 is 1.62 bits per heavy atom. The summed E-state index contributed by atoms with van der Waals surface area (Å²) in [4.78, 5) is 26.6. The van der Waals surface area contributed by atoms with Crippen LogP contribution >= 0.6 is 0 Å². The summed E-state index contributed by atoms with van der Waals surface area (Å²) >= 11 is 0. The molecule has 1 atom stereocenters. The van der Waals surface area contributed by atoms with E-state index in [0.717, 1.165) is 5.56 Å². The van der Waals surface area contributed by atoms with Crippen molar-refractivity contribution in [3.63, 3.8) is 0 Å². The molecule has 0 aromatic heterocycles. The van der Waals surface area contributed by atoms with Crippen LogP contribution in [0.4, 0.5) is 0 Å². The lowest BCUT2D eigenvalue weighted by atomic mass is 10.0. The van der Waals surface area contributed by atoms with E-state index in [4.69, 9.17) is 4.74 Å². The zero-order valence-corrected chi connectivity index (χ0v) is 19.2. The number of carbonyl (C=O) groups is 2. The molecule has 1 fully saturated rings. The number of hydrogen-bond donors (Lipinski definition) is 1. The van der Waals surface area contributed by atoms with Crippen LogP contribution in [0.3, 0.4) is 0 Å². The molecule has 1 aliphatic heterocycles. The first kappa shape index (κ1) is 23.9. The SMILES string of the molecule is COc1ccc(S(=O)(=O)N2CCN(CC(=O)N[C@@H](Cc3ccccc3)C(C)=O)CC2)cc1. The highest BCUT2D eigenvalue weighted by Crippen LogP contribution is 2.20. The van der Waals surface area contributed by atoms with Crippen molar-refractivity contribution < 1.29 is 22.7 Å². The van der Waals surface area contributed by atoms with Crippen molar-refractivity contribution in [3.05, 3.63) is 60.2 Å². The van der Waals surface area contributed by atoms with E-state index in [1.165, 1.54) is 30.5 Å². The summed E-state index contributed by atoms with van der Waals surface area (Å²) in [5.74, 6) is 0.251. The van der Waals surface area contributed by atoms with Crippen molar-refractivity contribution in [3.8, 4) is 5.75 Å². The number of ether oxygens (including phenoxy) is 1. The number of Topliss-reactive ketones (excluding diaryl/α,β-unsaturated/α-hetero) is 1. The highest BCUT2D eigenvalue weighted by atomic mass is 32.2. The fourth-order valence-electron chi connectivity index (χ4n) is 3.61. The zero-order chi connectivity index (χ0) is 23.1. The molecule has 1 N–H and O–H groups in total. The van der Waals surface area contributed by atoms with Gasteiger partial charge in [0.25, 0.3) is 0 Å². The number of nitrogens with zero attached hydrogens (tertiary/aromatic N) is 2. The molecule has 3 rings (SSSR count). The van der Waals surface area contributed by atoms with Gasteiger partial charge in [-0.25, -0.2) is 8.42 Å². The van der Waals surface area contributed by atoms with E-state index < -0.39 is 16.1 Å². The second-order valence-corrected chi connectivity index (χ2v) is 9.71. The smallest absolute Gasteiger partial charge is 0.243 e. The largest absolute Gasteiger partial charge is 0.497 e. The summed E-state index contributed by atoms with van der Waals surface area (Å²) in [6.45, 7) is 3.05. The molecule has 2 aromatic carbocycles. The zero-order valence-electron chi connectivity index (χ0n) is 18.4. The van der Waals surface area contributed by atoms with Crippen molar-refractivity contribution in [1.82, 2.24) is 14.5 Å². The molecule has 1 amide bonds. The minimum atomic E-state index is -3.60. The predicted octanol–water partition coefficient (Wildman–Crippen LogP) is 1.32. The molecular weight excluding hydrogens is 430 g/mol. The van der Waals surface area contributed by atoms with Crippen LogP contribution in [0.25, 0.3) is 0 Å². The third kappa shape index (κ3) is 6.15. The van der Waals surface area contributed by atoms with E-state index in [9.17, 15) is 18.0 Å². The van der Waals surface area contributed by atoms with E-state index in [1.807, 2.05) is 35.2 Å². The lowest BCUT2D eigenvalue weighted by Gasteiger charge is -2.33. The third-order valence-electron chi connectivity index (χ3n) is 5.50.